The first-order valence-electron chi connectivity index (χ1n) is 7.19. The standard InChI is InChI=1S/C16H22N2O/c1-12-9-14-10-13(4-5-16(14)17-12)6-8-18-7-2-3-15(18)11-19/h4-5,9-10,15,17,19H,2-3,6-8,11H2,1H3/t15-/m1/s1. The van der Waals surface area contributed by atoms with Crippen molar-refractivity contribution in [3.8, 4) is 0 Å². The molecule has 102 valence electrons. The van der Waals surface area contributed by atoms with Gasteiger partial charge in [-0.15, -0.1) is 0 Å². The van der Waals surface area contributed by atoms with Gasteiger partial charge in [0, 0.05) is 23.8 Å². The predicted octanol–water partition coefficient (Wildman–Crippen LogP) is 2.48. The van der Waals surface area contributed by atoms with E-state index in [-0.39, 0.29) is 0 Å². The highest BCUT2D eigenvalue weighted by atomic mass is 16.3. The van der Waals surface area contributed by atoms with Crippen LogP contribution < -0.4 is 0 Å². The average Bonchev–Trinajstić information content (AvgIpc) is 3.00. The molecule has 1 fully saturated rings. The first-order chi connectivity index (χ1) is 9.26. The first-order valence-corrected chi connectivity index (χ1v) is 7.19. The summed E-state index contributed by atoms with van der Waals surface area (Å²) in [5.74, 6) is 0. The number of aryl methyl sites for hydroxylation is 1. The van der Waals surface area contributed by atoms with Crippen LogP contribution in [0, 0.1) is 6.92 Å². The summed E-state index contributed by atoms with van der Waals surface area (Å²) in [4.78, 5) is 5.78. The van der Waals surface area contributed by atoms with Crippen molar-refractivity contribution in [2.75, 3.05) is 19.7 Å². The summed E-state index contributed by atoms with van der Waals surface area (Å²) in [6.07, 6.45) is 3.43. The maximum absolute atomic E-state index is 9.33. The Morgan fingerprint density at radius 3 is 3.11 bits per heavy atom. The Hall–Kier alpha value is -1.32. The molecule has 1 aromatic heterocycles. The fraction of sp³-hybridized carbons (Fsp3) is 0.500. The van der Waals surface area contributed by atoms with E-state index in [0.717, 1.165) is 25.9 Å². The minimum Gasteiger partial charge on any atom is -0.395 e. The van der Waals surface area contributed by atoms with Crippen molar-refractivity contribution in [3.05, 3.63) is 35.5 Å². The largest absolute Gasteiger partial charge is 0.395 e. The van der Waals surface area contributed by atoms with E-state index in [9.17, 15) is 5.11 Å². The molecule has 1 aliphatic rings. The monoisotopic (exact) mass is 258 g/mol. The Kier molecular flexibility index (Phi) is 3.58. The second-order valence-electron chi connectivity index (χ2n) is 5.64. The number of rotatable bonds is 4. The van der Waals surface area contributed by atoms with Gasteiger partial charge in [0.15, 0.2) is 0 Å². The van der Waals surface area contributed by atoms with Gasteiger partial charge in [-0.1, -0.05) is 6.07 Å². The van der Waals surface area contributed by atoms with E-state index in [1.54, 1.807) is 0 Å². The summed E-state index contributed by atoms with van der Waals surface area (Å²) < 4.78 is 0. The summed E-state index contributed by atoms with van der Waals surface area (Å²) in [6.45, 7) is 4.59. The SMILES string of the molecule is Cc1cc2cc(CCN3CCC[C@@H]3CO)ccc2[nH]1. The second kappa shape index (κ2) is 5.35. The molecule has 0 unspecified atom stereocenters. The van der Waals surface area contributed by atoms with E-state index < -0.39 is 0 Å². The zero-order valence-electron chi connectivity index (χ0n) is 11.5. The van der Waals surface area contributed by atoms with Crippen molar-refractivity contribution >= 4 is 10.9 Å². The highest BCUT2D eigenvalue weighted by molar-refractivity contribution is 5.81. The second-order valence-corrected chi connectivity index (χ2v) is 5.64. The number of aliphatic hydroxyl groups is 1. The van der Waals surface area contributed by atoms with Crippen LogP contribution in [0.1, 0.15) is 24.1 Å². The molecule has 0 amide bonds. The van der Waals surface area contributed by atoms with Gasteiger partial charge in [-0.05, 0) is 61.9 Å². The molecule has 3 heteroatoms. The fourth-order valence-corrected chi connectivity index (χ4v) is 3.15. The van der Waals surface area contributed by atoms with Crippen molar-refractivity contribution in [1.82, 2.24) is 9.88 Å². The van der Waals surface area contributed by atoms with Crippen LogP contribution in [0.15, 0.2) is 24.3 Å². The Balaban J connectivity index is 1.67. The number of fused-ring (bicyclic) bond motifs is 1. The zero-order valence-corrected chi connectivity index (χ0v) is 11.5. The van der Waals surface area contributed by atoms with Gasteiger partial charge >= 0.3 is 0 Å². The molecule has 0 radical (unpaired) electrons. The van der Waals surface area contributed by atoms with Crippen molar-refractivity contribution in [3.63, 3.8) is 0 Å². The zero-order chi connectivity index (χ0) is 13.2. The number of aromatic amines is 1. The van der Waals surface area contributed by atoms with Crippen molar-refractivity contribution in [2.45, 2.75) is 32.2 Å². The van der Waals surface area contributed by atoms with Crippen LogP contribution in [-0.2, 0) is 6.42 Å². The summed E-state index contributed by atoms with van der Waals surface area (Å²) in [5.41, 5.74) is 3.82. The third-order valence-corrected chi connectivity index (χ3v) is 4.22. The average molecular weight is 258 g/mol. The van der Waals surface area contributed by atoms with Crippen molar-refractivity contribution < 1.29 is 5.11 Å². The number of H-pyrrole nitrogens is 1. The van der Waals surface area contributed by atoms with E-state index in [1.807, 2.05) is 0 Å². The van der Waals surface area contributed by atoms with Gasteiger partial charge < -0.3 is 10.1 Å². The molecule has 2 heterocycles. The number of aromatic nitrogens is 1. The molecule has 1 saturated heterocycles. The molecule has 0 aliphatic carbocycles. The van der Waals surface area contributed by atoms with Gasteiger partial charge in [0.2, 0.25) is 0 Å². The third kappa shape index (κ3) is 2.67. The molecular weight excluding hydrogens is 236 g/mol. The molecule has 0 saturated carbocycles. The first kappa shape index (κ1) is 12.7. The number of likely N-dealkylation sites (tertiary alicyclic amines) is 1. The molecule has 2 aromatic rings. The van der Waals surface area contributed by atoms with Crippen LogP contribution in [-0.4, -0.2) is 40.7 Å². The number of hydrogen-bond acceptors (Lipinski definition) is 2. The van der Waals surface area contributed by atoms with Crippen LogP contribution in [0.25, 0.3) is 10.9 Å². The van der Waals surface area contributed by atoms with Crippen LogP contribution in [0.4, 0.5) is 0 Å². The minimum absolute atomic E-state index is 0.302. The Morgan fingerprint density at radius 2 is 2.26 bits per heavy atom. The van der Waals surface area contributed by atoms with E-state index in [0.29, 0.717) is 12.6 Å². The lowest BCUT2D eigenvalue weighted by atomic mass is 10.1. The van der Waals surface area contributed by atoms with Crippen LogP contribution in [0.2, 0.25) is 0 Å². The summed E-state index contributed by atoms with van der Waals surface area (Å²) >= 11 is 0. The highest BCUT2D eigenvalue weighted by Gasteiger charge is 2.22. The number of nitrogens with zero attached hydrogens (tertiary/aromatic N) is 1. The number of nitrogens with one attached hydrogen (secondary N) is 1. The summed E-state index contributed by atoms with van der Waals surface area (Å²) in [7, 11) is 0. The van der Waals surface area contributed by atoms with Gasteiger partial charge in [0.25, 0.3) is 0 Å². The Labute approximate surface area is 114 Å². The van der Waals surface area contributed by atoms with E-state index in [1.165, 1.54) is 28.6 Å². The lowest BCUT2D eigenvalue weighted by molar-refractivity contribution is 0.160. The maximum atomic E-state index is 9.33. The molecule has 3 rings (SSSR count). The lowest BCUT2D eigenvalue weighted by Crippen LogP contribution is -2.33. The lowest BCUT2D eigenvalue weighted by Gasteiger charge is -2.22. The third-order valence-electron chi connectivity index (χ3n) is 4.22. The van der Waals surface area contributed by atoms with Gasteiger partial charge in [-0.3, -0.25) is 4.90 Å². The summed E-state index contributed by atoms with van der Waals surface area (Å²) in [6, 6.07) is 9.25. The van der Waals surface area contributed by atoms with Crippen LogP contribution >= 0.6 is 0 Å². The van der Waals surface area contributed by atoms with Gasteiger partial charge in [-0.2, -0.15) is 0 Å². The highest BCUT2D eigenvalue weighted by Crippen LogP contribution is 2.20. The molecule has 2 N–H and O–H groups in total. The van der Waals surface area contributed by atoms with Crippen LogP contribution in [0.5, 0.6) is 0 Å². The molecule has 1 aliphatic heterocycles. The van der Waals surface area contributed by atoms with E-state index in [2.05, 4.69) is 41.1 Å². The molecule has 1 aromatic carbocycles. The number of benzene rings is 1. The van der Waals surface area contributed by atoms with Gasteiger partial charge in [-0.25, -0.2) is 0 Å². The molecular formula is C16H22N2O. The smallest absolute Gasteiger partial charge is 0.0586 e. The Morgan fingerprint density at radius 1 is 1.37 bits per heavy atom. The fourth-order valence-electron chi connectivity index (χ4n) is 3.15. The van der Waals surface area contributed by atoms with Crippen molar-refractivity contribution in [1.29, 1.82) is 0 Å². The van der Waals surface area contributed by atoms with E-state index in [4.69, 9.17) is 0 Å². The van der Waals surface area contributed by atoms with E-state index >= 15 is 0 Å². The molecule has 3 nitrogen and oxygen atoms in total. The number of aliphatic hydroxyl groups excluding tert-OH is 1. The Bertz CT molecular complexity index is 561. The molecule has 1 atom stereocenters. The maximum Gasteiger partial charge on any atom is 0.0586 e. The molecule has 19 heavy (non-hydrogen) atoms. The van der Waals surface area contributed by atoms with Gasteiger partial charge in [0.05, 0.1) is 6.61 Å². The number of hydrogen-bond donors (Lipinski definition) is 2. The van der Waals surface area contributed by atoms with Crippen LogP contribution in [0.3, 0.4) is 0 Å². The predicted molar refractivity (Wildman–Crippen MR) is 78.4 cm³/mol. The summed E-state index contributed by atoms with van der Waals surface area (Å²) in [5, 5.41) is 10.6. The topological polar surface area (TPSA) is 39.3 Å². The van der Waals surface area contributed by atoms with Gasteiger partial charge in [0.1, 0.15) is 0 Å². The minimum atomic E-state index is 0.302. The quantitative estimate of drug-likeness (QED) is 0.884. The molecule has 0 spiro atoms. The molecule has 0 bridgehead atoms. The van der Waals surface area contributed by atoms with Crippen molar-refractivity contribution in [2.24, 2.45) is 0 Å². The normalized spacial score (nSPS) is 20.4.